The van der Waals surface area contributed by atoms with Gasteiger partial charge in [-0.2, -0.15) is 0 Å². The number of carbonyl (C=O) groups excluding carboxylic acids is 1. The summed E-state index contributed by atoms with van der Waals surface area (Å²) in [6.07, 6.45) is 1.75. The minimum Gasteiger partial charge on any atom is -0.394 e. The molecule has 2 heterocycles. The third-order valence-corrected chi connectivity index (χ3v) is 5.13. The summed E-state index contributed by atoms with van der Waals surface area (Å²) in [5.74, 6) is -0.365. The largest absolute Gasteiger partial charge is 0.394 e. The molecule has 0 unspecified atom stereocenters. The highest BCUT2D eigenvalue weighted by Gasteiger charge is 2.31. The van der Waals surface area contributed by atoms with Gasteiger partial charge in [0.25, 0.3) is 5.91 Å². The first kappa shape index (κ1) is 15.1. The highest BCUT2D eigenvalue weighted by molar-refractivity contribution is 7.17. The van der Waals surface area contributed by atoms with E-state index in [2.05, 4.69) is 4.98 Å². The van der Waals surface area contributed by atoms with Crippen LogP contribution in [0.1, 0.15) is 28.2 Å². The lowest BCUT2D eigenvalue weighted by atomic mass is 10.2. The standard InChI is InChI=1S/C16H17FN2O2S/c1-10-14(16(21)19-8-2-3-13(19)9-20)22-15(18-10)11-4-6-12(17)7-5-11/h4-7,13,20H,2-3,8-9H2,1H3/t13-/m1/s1. The Morgan fingerprint density at radius 3 is 2.86 bits per heavy atom. The smallest absolute Gasteiger partial charge is 0.266 e. The lowest BCUT2D eigenvalue weighted by Gasteiger charge is -2.22. The molecule has 0 bridgehead atoms. The van der Waals surface area contributed by atoms with E-state index in [0.717, 1.165) is 18.4 Å². The van der Waals surface area contributed by atoms with Crippen molar-refractivity contribution in [1.82, 2.24) is 9.88 Å². The fourth-order valence-electron chi connectivity index (χ4n) is 2.73. The quantitative estimate of drug-likeness (QED) is 0.946. The second-order valence-corrected chi connectivity index (χ2v) is 6.42. The first-order valence-corrected chi connectivity index (χ1v) is 8.07. The molecular formula is C16H17FN2O2S. The molecule has 0 spiro atoms. The summed E-state index contributed by atoms with van der Waals surface area (Å²) in [5.41, 5.74) is 1.48. The molecule has 3 rings (SSSR count). The van der Waals surface area contributed by atoms with E-state index >= 15 is 0 Å². The maximum absolute atomic E-state index is 13.0. The highest BCUT2D eigenvalue weighted by Crippen LogP contribution is 2.30. The maximum Gasteiger partial charge on any atom is 0.266 e. The van der Waals surface area contributed by atoms with Crippen molar-refractivity contribution in [3.63, 3.8) is 0 Å². The predicted octanol–water partition coefficient (Wildman–Crippen LogP) is 2.85. The zero-order valence-electron chi connectivity index (χ0n) is 12.3. The van der Waals surface area contributed by atoms with Crippen LogP contribution in [0.5, 0.6) is 0 Å². The van der Waals surface area contributed by atoms with Crippen LogP contribution in [-0.2, 0) is 0 Å². The van der Waals surface area contributed by atoms with Crippen LogP contribution < -0.4 is 0 Å². The maximum atomic E-state index is 13.0. The van der Waals surface area contributed by atoms with Crippen molar-refractivity contribution < 1.29 is 14.3 Å². The number of aliphatic hydroxyl groups is 1. The number of aromatic nitrogens is 1. The second-order valence-electron chi connectivity index (χ2n) is 5.42. The summed E-state index contributed by atoms with van der Waals surface area (Å²) in [6.45, 7) is 2.47. The number of hydrogen-bond acceptors (Lipinski definition) is 4. The lowest BCUT2D eigenvalue weighted by Crippen LogP contribution is -2.37. The number of aryl methyl sites for hydroxylation is 1. The average Bonchev–Trinajstić information content (AvgIpc) is 3.13. The van der Waals surface area contributed by atoms with E-state index < -0.39 is 0 Å². The number of rotatable bonds is 3. The van der Waals surface area contributed by atoms with E-state index in [4.69, 9.17) is 0 Å². The summed E-state index contributed by atoms with van der Waals surface area (Å²) < 4.78 is 13.0. The zero-order chi connectivity index (χ0) is 15.7. The topological polar surface area (TPSA) is 53.4 Å². The van der Waals surface area contributed by atoms with Gasteiger partial charge in [0.2, 0.25) is 0 Å². The van der Waals surface area contributed by atoms with Crippen LogP contribution in [0.3, 0.4) is 0 Å². The van der Waals surface area contributed by atoms with Crippen molar-refractivity contribution in [3.8, 4) is 10.6 Å². The van der Waals surface area contributed by atoms with E-state index in [1.54, 1.807) is 24.0 Å². The molecule has 0 radical (unpaired) electrons. The van der Waals surface area contributed by atoms with Gasteiger partial charge in [-0.15, -0.1) is 11.3 Å². The van der Waals surface area contributed by atoms with Crippen molar-refractivity contribution in [2.45, 2.75) is 25.8 Å². The van der Waals surface area contributed by atoms with Gasteiger partial charge >= 0.3 is 0 Å². The van der Waals surface area contributed by atoms with Crippen molar-refractivity contribution in [2.24, 2.45) is 0 Å². The van der Waals surface area contributed by atoms with Crippen LogP contribution in [-0.4, -0.2) is 40.1 Å². The number of amides is 1. The van der Waals surface area contributed by atoms with Gasteiger partial charge in [0.1, 0.15) is 15.7 Å². The third-order valence-electron chi connectivity index (χ3n) is 3.93. The van der Waals surface area contributed by atoms with Gasteiger partial charge in [0, 0.05) is 12.1 Å². The van der Waals surface area contributed by atoms with Crippen molar-refractivity contribution in [2.75, 3.05) is 13.2 Å². The van der Waals surface area contributed by atoms with Gasteiger partial charge in [0.15, 0.2) is 0 Å². The van der Waals surface area contributed by atoms with Gasteiger partial charge in [-0.1, -0.05) is 0 Å². The molecule has 1 amide bonds. The van der Waals surface area contributed by atoms with Crippen LogP contribution in [0.25, 0.3) is 10.6 Å². The number of carbonyl (C=O) groups is 1. The molecule has 0 aliphatic carbocycles. The average molecular weight is 320 g/mol. The van der Waals surface area contributed by atoms with E-state index in [1.165, 1.54) is 23.5 Å². The molecular weight excluding hydrogens is 303 g/mol. The monoisotopic (exact) mass is 320 g/mol. The number of halogens is 1. The highest BCUT2D eigenvalue weighted by atomic mass is 32.1. The lowest BCUT2D eigenvalue weighted by molar-refractivity contribution is 0.0681. The summed E-state index contributed by atoms with van der Waals surface area (Å²) in [4.78, 5) is 19.4. The minimum atomic E-state index is -0.295. The molecule has 6 heteroatoms. The molecule has 22 heavy (non-hydrogen) atoms. The predicted molar refractivity (Wildman–Crippen MR) is 83.4 cm³/mol. The van der Waals surface area contributed by atoms with Crippen LogP contribution in [0, 0.1) is 12.7 Å². The second kappa shape index (κ2) is 6.14. The van der Waals surface area contributed by atoms with Gasteiger partial charge < -0.3 is 10.0 Å². The molecule has 1 aromatic carbocycles. The molecule has 1 aliphatic rings. The molecule has 1 aromatic heterocycles. The molecule has 0 saturated carbocycles. The summed E-state index contributed by atoms with van der Waals surface area (Å²) in [5, 5.41) is 10.1. The van der Waals surface area contributed by atoms with E-state index in [9.17, 15) is 14.3 Å². The molecule has 1 aliphatic heterocycles. The van der Waals surface area contributed by atoms with Crippen molar-refractivity contribution >= 4 is 17.2 Å². The third kappa shape index (κ3) is 2.76. The first-order chi connectivity index (χ1) is 10.6. The van der Waals surface area contributed by atoms with E-state index in [-0.39, 0.29) is 24.4 Å². The molecule has 2 aromatic rings. The zero-order valence-corrected chi connectivity index (χ0v) is 13.1. The van der Waals surface area contributed by atoms with Crippen LogP contribution in [0.15, 0.2) is 24.3 Å². The van der Waals surface area contributed by atoms with Gasteiger partial charge in [0.05, 0.1) is 18.3 Å². The SMILES string of the molecule is Cc1nc(-c2ccc(F)cc2)sc1C(=O)N1CCC[C@@H]1CO. The Bertz CT molecular complexity index is 684. The number of benzene rings is 1. The Kier molecular flexibility index (Phi) is 4.22. The molecule has 1 saturated heterocycles. The first-order valence-electron chi connectivity index (χ1n) is 7.25. The van der Waals surface area contributed by atoms with Crippen LogP contribution in [0.2, 0.25) is 0 Å². The summed E-state index contributed by atoms with van der Waals surface area (Å²) in [7, 11) is 0. The van der Waals surface area contributed by atoms with Gasteiger partial charge in [-0.05, 0) is 44.0 Å². The Morgan fingerprint density at radius 1 is 1.45 bits per heavy atom. The molecule has 1 N–H and O–H groups in total. The number of aliphatic hydroxyl groups excluding tert-OH is 1. The molecule has 1 fully saturated rings. The normalized spacial score (nSPS) is 18.0. The number of likely N-dealkylation sites (tertiary alicyclic amines) is 1. The molecule has 1 atom stereocenters. The minimum absolute atomic E-state index is 0.00554. The number of nitrogens with zero attached hydrogens (tertiary/aromatic N) is 2. The van der Waals surface area contributed by atoms with Crippen LogP contribution >= 0.6 is 11.3 Å². The molecule has 4 nitrogen and oxygen atoms in total. The Labute approximate surface area is 132 Å². The number of hydrogen-bond donors (Lipinski definition) is 1. The van der Waals surface area contributed by atoms with E-state index in [1.807, 2.05) is 0 Å². The summed E-state index contributed by atoms with van der Waals surface area (Å²) in [6, 6.07) is 6.00. The number of thiazole rings is 1. The Morgan fingerprint density at radius 2 is 2.18 bits per heavy atom. The van der Waals surface area contributed by atoms with Gasteiger partial charge in [-0.3, -0.25) is 4.79 Å². The fraction of sp³-hybridized carbons (Fsp3) is 0.375. The van der Waals surface area contributed by atoms with E-state index in [0.29, 0.717) is 22.1 Å². The Hall–Kier alpha value is -1.79. The summed E-state index contributed by atoms with van der Waals surface area (Å²) >= 11 is 1.32. The van der Waals surface area contributed by atoms with Crippen LogP contribution in [0.4, 0.5) is 4.39 Å². The van der Waals surface area contributed by atoms with Crippen molar-refractivity contribution in [3.05, 3.63) is 40.7 Å². The fourth-order valence-corrected chi connectivity index (χ4v) is 3.76. The molecule has 116 valence electrons. The van der Waals surface area contributed by atoms with Crippen molar-refractivity contribution in [1.29, 1.82) is 0 Å². The van der Waals surface area contributed by atoms with Gasteiger partial charge in [-0.25, -0.2) is 9.37 Å². The Balaban J connectivity index is 1.89.